The highest BCUT2D eigenvalue weighted by Gasteiger charge is 2.16. The smallest absolute Gasteiger partial charge is 0.257 e. The first-order valence-corrected chi connectivity index (χ1v) is 15.7. The van der Waals surface area contributed by atoms with Gasteiger partial charge in [-0.1, -0.05) is 0 Å². The Morgan fingerprint density at radius 3 is 2.36 bits per heavy atom. The number of anilines is 1. The topological polar surface area (TPSA) is 126 Å². The minimum absolute atomic E-state index is 0.169. The number of amides is 1. The number of hydrogen-bond acceptors (Lipinski definition) is 8. The maximum absolute atomic E-state index is 13.0. The summed E-state index contributed by atoms with van der Waals surface area (Å²) in [6.45, 7) is 5.50. The van der Waals surface area contributed by atoms with E-state index in [2.05, 4.69) is 10.4 Å². The van der Waals surface area contributed by atoms with Gasteiger partial charge in [0.25, 0.3) is 5.91 Å². The van der Waals surface area contributed by atoms with E-state index in [0.717, 1.165) is 6.26 Å². The average Bonchev–Trinajstić information content (AvgIpc) is 3.18. The SMILES string of the molecule is COC[C@H](C)Oc1cc(Oc2ccc(S(C)(=O)=O)cc2)cc(C(=O)Nc2ccn(CP(C)(C)=O)n2)c1. The number of methoxy groups -OCH3 is 1. The Morgan fingerprint density at radius 2 is 1.75 bits per heavy atom. The Kier molecular flexibility index (Phi) is 8.60. The van der Waals surface area contributed by atoms with Crippen LogP contribution in [0.1, 0.15) is 17.3 Å². The van der Waals surface area contributed by atoms with Crippen molar-refractivity contribution in [1.29, 1.82) is 0 Å². The number of sulfone groups is 1. The van der Waals surface area contributed by atoms with Gasteiger partial charge in [0, 0.05) is 37.3 Å². The van der Waals surface area contributed by atoms with E-state index in [1.54, 1.807) is 44.8 Å². The highest BCUT2D eigenvalue weighted by molar-refractivity contribution is 7.90. The van der Waals surface area contributed by atoms with Gasteiger partial charge in [-0.05, 0) is 56.7 Å². The summed E-state index contributed by atoms with van der Waals surface area (Å²) in [6, 6.07) is 12.3. The van der Waals surface area contributed by atoms with Crippen molar-refractivity contribution < 1.29 is 32.0 Å². The monoisotopic (exact) mass is 535 g/mol. The zero-order valence-electron chi connectivity index (χ0n) is 20.8. The molecule has 1 N–H and O–H groups in total. The summed E-state index contributed by atoms with van der Waals surface area (Å²) in [5.74, 6) is 0.958. The molecule has 0 aliphatic rings. The third kappa shape index (κ3) is 8.22. The van der Waals surface area contributed by atoms with Gasteiger partial charge < -0.3 is 24.1 Å². The highest BCUT2D eigenvalue weighted by Crippen LogP contribution is 2.37. The van der Waals surface area contributed by atoms with Crippen LogP contribution in [0.5, 0.6) is 17.2 Å². The van der Waals surface area contributed by atoms with Crippen LogP contribution in [0.25, 0.3) is 0 Å². The number of ether oxygens (including phenoxy) is 3. The summed E-state index contributed by atoms with van der Waals surface area (Å²) in [5, 5.41) is 6.98. The van der Waals surface area contributed by atoms with Crippen molar-refractivity contribution in [1.82, 2.24) is 9.78 Å². The summed E-state index contributed by atoms with van der Waals surface area (Å²) < 4.78 is 53.9. The van der Waals surface area contributed by atoms with Gasteiger partial charge in [-0.25, -0.2) is 8.42 Å². The molecule has 0 radical (unpaired) electrons. The molecule has 0 unspecified atom stereocenters. The quantitative estimate of drug-likeness (QED) is 0.360. The summed E-state index contributed by atoms with van der Waals surface area (Å²) in [7, 11) is -4.11. The van der Waals surface area contributed by atoms with E-state index in [1.807, 2.05) is 6.92 Å². The predicted octanol–water partition coefficient (Wildman–Crippen LogP) is 4.33. The van der Waals surface area contributed by atoms with Crippen LogP contribution in [-0.2, 0) is 25.4 Å². The molecule has 3 rings (SSSR count). The Morgan fingerprint density at radius 1 is 1.08 bits per heavy atom. The number of carbonyl (C=O) groups is 1. The van der Waals surface area contributed by atoms with Crippen LogP contribution in [-0.4, -0.2) is 63.5 Å². The number of hydrogen-bond donors (Lipinski definition) is 1. The lowest BCUT2D eigenvalue weighted by Crippen LogP contribution is -2.18. The predicted molar refractivity (Wildman–Crippen MR) is 138 cm³/mol. The number of carbonyl (C=O) groups excluding carboxylic acids is 1. The molecular formula is C24H30N3O7PS. The fraction of sp³-hybridized carbons (Fsp3) is 0.333. The number of benzene rings is 2. The molecule has 1 heterocycles. The Bertz CT molecular complexity index is 1360. The maximum Gasteiger partial charge on any atom is 0.257 e. The van der Waals surface area contributed by atoms with Crippen molar-refractivity contribution in [2.45, 2.75) is 24.2 Å². The van der Waals surface area contributed by atoms with E-state index >= 15 is 0 Å². The lowest BCUT2D eigenvalue weighted by atomic mass is 10.2. The maximum atomic E-state index is 13.0. The molecule has 36 heavy (non-hydrogen) atoms. The zero-order chi connectivity index (χ0) is 26.5. The van der Waals surface area contributed by atoms with Gasteiger partial charge >= 0.3 is 0 Å². The summed E-state index contributed by atoms with van der Waals surface area (Å²) in [6.07, 6.45) is 2.75. The van der Waals surface area contributed by atoms with Gasteiger partial charge in [-0.2, -0.15) is 5.10 Å². The molecule has 0 fully saturated rings. The molecule has 0 aliphatic heterocycles. The van der Waals surface area contributed by atoms with E-state index in [1.165, 1.54) is 35.0 Å². The van der Waals surface area contributed by atoms with Crippen LogP contribution < -0.4 is 14.8 Å². The third-order valence-electron chi connectivity index (χ3n) is 4.74. The van der Waals surface area contributed by atoms with Gasteiger partial charge in [-0.3, -0.25) is 9.48 Å². The van der Waals surface area contributed by atoms with Gasteiger partial charge in [0.15, 0.2) is 15.7 Å². The van der Waals surface area contributed by atoms with Crippen LogP contribution in [0.15, 0.2) is 59.6 Å². The summed E-state index contributed by atoms with van der Waals surface area (Å²) in [5.41, 5.74) is 0.256. The molecule has 0 saturated carbocycles. The Balaban J connectivity index is 1.85. The lowest BCUT2D eigenvalue weighted by Gasteiger charge is -2.16. The molecule has 0 aliphatic carbocycles. The molecule has 12 heteroatoms. The molecule has 194 valence electrons. The second kappa shape index (κ2) is 11.3. The molecule has 0 bridgehead atoms. The highest BCUT2D eigenvalue weighted by atomic mass is 32.2. The third-order valence-corrected chi connectivity index (χ3v) is 6.84. The van der Waals surface area contributed by atoms with Crippen molar-refractivity contribution in [3.05, 3.63) is 60.3 Å². The van der Waals surface area contributed by atoms with Gasteiger partial charge in [0.2, 0.25) is 0 Å². The number of rotatable bonds is 11. The molecule has 1 atom stereocenters. The van der Waals surface area contributed by atoms with Crippen LogP contribution >= 0.6 is 7.14 Å². The molecule has 1 amide bonds. The van der Waals surface area contributed by atoms with Gasteiger partial charge in [0.1, 0.15) is 30.5 Å². The van der Waals surface area contributed by atoms with Crippen molar-refractivity contribution in [2.24, 2.45) is 0 Å². The number of nitrogens with zero attached hydrogens (tertiary/aromatic N) is 2. The average molecular weight is 536 g/mol. The molecule has 0 spiro atoms. The molecule has 2 aromatic carbocycles. The molecular weight excluding hydrogens is 505 g/mol. The van der Waals surface area contributed by atoms with Crippen molar-refractivity contribution in [2.75, 3.05) is 38.6 Å². The van der Waals surface area contributed by atoms with Crippen molar-refractivity contribution >= 4 is 28.7 Å². The Hall–Kier alpha value is -3.14. The van der Waals surface area contributed by atoms with Crippen molar-refractivity contribution in [3.8, 4) is 17.2 Å². The summed E-state index contributed by atoms with van der Waals surface area (Å²) in [4.78, 5) is 13.2. The second-order valence-electron chi connectivity index (χ2n) is 8.83. The lowest BCUT2D eigenvalue weighted by molar-refractivity contribution is 0.0915. The minimum Gasteiger partial charge on any atom is -0.488 e. The second-order valence-corrected chi connectivity index (χ2v) is 14.3. The number of nitrogens with one attached hydrogen (secondary N) is 1. The van der Waals surface area contributed by atoms with E-state index in [9.17, 15) is 17.8 Å². The largest absolute Gasteiger partial charge is 0.488 e. The fourth-order valence-corrected chi connectivity index (χ4v) is 4.75. The molecule has 0 saturated heterocycles. The fourth-order valence-electron chi connectivity index (χ4n) is 3.27. The number of aromatic nitrogens is 2. The van der Waals surface area contributed by atoms with E-state index < -0.39 is 22.9 Å². The van der Waals surface area contributed by atoms with Gasteiger partial charge in [0.05, 0.1) is 17.8 Å². The van der Waals surface area contributed by atoms with Gasteiger partial charge in [-0.15, -0.1) is 0 Å². The first-order valence-electron chi connectivity index (χ1n) is 11.0. The molecule has 3 aromatic rings. The van der Waals surface area contributed by atoms with Crippen LogP contribution in [0.2, 0.25) is 0 Å². The Labute approximate surface area is 210 Å². The minimum atomic E-state index is -3.34. The van der Waals surface area contributed by atoms with Crippen LogP contribution in [0.3, 0.4) is 0 Å². The first-order chi connectivity index (χ1) is 16.8. The molecule has 1 aromatic heterocycles. The van der Waals surface area contributed by atoms with E-state index in [4.69, 9.17) is 14.2 Å². The van der Waals surface area contributed by atoms with E-state index in [-0.39, 0.29) is 22.8 Å². The zero-order valence-corrected chi connectivity index (χ0v) is 22.5. The standard InChI is InChI=1S/C24H30N3O7PS/c1-17(15-32-2)33-20-12-18(24(28)25-23-10-11-27(26-23)16-35(3,4)29)13-21(14-20)34-19-6-8-22(9-7-19)36(5,30)31/h6-14,17H,15-16H2,1-5H3,(H,25,26,28)/t17-/m0/s1. The van der Waals surface area contributed by atoms with Crippen molar-refractivity contribution in [3.63, 3.8) is 0 Å². The summed E-state index contributed by atoms with van der Waals surface area (Å²) >= 11 is 0. The normalized spacial score (nSPS) is 12.7. The van der Waals surface area contributed by atoms with E-state index in [0.29, 0.717) is 29.7 Å². The first kappa shape index (κ1) is 27.4. The van der Waals surface area contributed by atoms with Crippen LogP contribution in [0, 0.1) is 0 Å². The van der Waals surface area contributed by atoms with Crippen LogP contribution in [0.4, 0.5) is 5.82 Å². The molecule has 10 nitrogen and oxygen atoms in total.